The van der Waals surface area contributed by atoms with E-state index in [1.165, 1.54) is 22.6 Å². The summed E-state index contributed by atoms with van der Waals surface area (Å²) in [5.74, 6) is 1.25. The molecule has 1 rings (SSSR count). The maximum Gasteiger partial charge on any atom is 0.0205 e. The molecule has 1 aromatic rings. The van der Waals surface area contributed by atoms with Crippen molar-refractivity contribution < 1.29 is 0 Å². The Kier molecular flexibility index (Phi) is 6.98. The first-order valence-electron chi connectivity index (χ1n) is 5.19. The zero-order chi connectivity index (χ0) is 10.9. The Bertz CT molecular complexity index is 259. The Morgan fingerprint density at radius 2 is 1.87 bits per heavy atom. The number of rotatable bonds is 7. The first-order valence-corrected chi connectivity index (χ1v) is 7.81. The average molecular weight is 241 g/mol. The summed E-state index contributed by atoms with van der Waals surface area (Å²) in [5, 5.41) is 3.45. The summed E-state index contributed by atoms with van der Waals surface area (Å²) in [6, 6.07) is 8.77. The molecule has 1 nitrogen and oxygen atoms in total. The molecule has 1 aromatic carbocycles. The number of benzene rings is 1. The molecule has 84 valence electrons. The van der Waals surface area contributed by atoms with Crippen LogP contribution in [0.5, 0.6) is 0 Å². The molecule has 0 fully saturated rings. The Hall–Kier alpha value is -0.120. The smallest absolute Gasteiger partial charge is 0.0205 e. The molecule has 0 aliphatic carbocycles. The van der Waals surface area contributed by atoms with Crippen LogP contribution in [0.2, 0.25) is 0 Å². The third kappa shape index (κ3) is 5.50. The third-order valence-corrected chi connectivity index (χ3v) is 3.63. The van der Waals surface area contributed by atoms with Crippen LogP contribution in [0.4, 0.5) is 0 Å². The first-order chi connectivity index (χ1) is 7.36. The zero-order valence-corrected chi connectivity index (χ0v) is 11.1. The van der Waals surface area contributed by atoms with Crippen molar-refractivity contribution in [3.05, 3.63) is 29.8 Å². The van der Waals surface area contributed by atoms with Gasteiger partial charge in [-0.1, -0.05) is 12.1 Å². The molecule has 0 aromatic heterocycles. The molecular formula is C12H19NS2. The van der Waals surface area contributed by atoms with E-state index in [0.29, 0.717) is 0 Å². The van der Waals surface area contributed by atoms with Crippen LogP contribution >= 0.6 is 23.5 Å². The van der Waals surface area contributed by atoms with Gasteiger partial charge in [-0.15, -0.1) is 11.8 Å². The van der Waals surface area contributed by atoms with E-state index in [1.54, 1.807) is 11.8 Å². The Balaban J connectivity index is 2.20. The average Bonchev–Trinajstić information content (AvgIpc) is 2.30. The van der Waals surface area contributed by atoms with E-state index < -0.39 is 0 Å². The van der Waals surface area contributed by atoms with Crippen LogP contribution in [0.15, 0.2) is 29.2 Å². The standard InChI is InChI=1S/C12H19NS2/c1-14-9-3-8-13-10-11-4-6-12(15-2)7-5-11/h4-7,13H,3,8-10H2,1-2H3. The van der Waals surface area contributed by atoms with Crippen molar-refractivity contribution in [2.24, 2.45) is 0 Å². The van der Waals surface area contributed by atoms with Gasteiger partial charge < -0.3 is 5.32 Å². The Morgan fingerprint density at radius 1 is 1.13 bits per heavy atom. The van der Waals surface area contributed by atoms with Gasteiger partial charge >= 0.3 is 0 Å². The second-order valence-corrected chi connectivity index (χ2v) is 5.24. The van der Waals surface area contributed by atoms with Crippen molar-refractivity contribution in [1.29, 1.82) is 0 Å². The van der Waals surface area contributed by atoms with E-state index in [2.05, 4.69) is 42.1 Å². The summed E-state index contributed by atoms with van der Waals surface area (Å²) in [4.78, 5) is 1.33. The zero-order valence-electron chi connectivity index (χ0n) is 9.45. The fourth-order valence-corrected chi connectivity index (χ4v) is 2.16. The number of nitrogens with one attached hydrogen (secondary N) is 1. The normalized spacial score (nSPS) is 10.5. The summed E-state index contributed by atoms with van der Waals surface area (Å²) >= 11 is 3.70. The lowest BCUT2D eigenvalue weighted by Crippen LogP contribution is -2.15. The van der Waals surface area contributed by atoms with Gasteiger partial charge in [0.2, 0.25) is 0 Å². The molecule has 15 heavy (non-hydrogen) atoms. The molecule has 0 saturated carbocycles. The molecule has 0 atom stereocenters. The quantitative estimate of drug-likeness (QED) is 0.581. The molecule has 0 amide bonds. The molecule has 0 aliphatic heterocycles. The maximum atomic E-state index is 3.45. The summed E-state index contributed by atoms with van der Waals surface area (Å²) in [7, 11) is 0. The fourth-order valence-electron chi connectivity index (χ4n) is 1.32. The SMILES string of the molecule is CSCCCNCc1ccc(SC)cc1. The Morgan fingerprint density at radius 3 is 2.47 bits per heavy atom. The van der Waals surface area contributed by atoms with Crippen molar-refractivity contribution in [3.63, 3.8) is 0 Å². The number of thioether (sulfide) groups is 2. The van der Waals surface area contributed by atoms with Crippen LogP contribution in [0, 0.1) is 0 Å². The molecule has 0 spiro atoms. The van der Waals surface area contributed by atoms with Crippen molar-refractivity contribution in [2.75, 3.05) is 24.8 Å². The van der Waals surface area contributed by atoms with Crippen molar-refractivity contribution in [2.45, 2.75) is 17.9 Å². The van der Waals surface area contributed by atoms with E-state index in [9.17, 15) is 0 Å². The summed E-state index contributed by atoms with van der Waals surface area (Å²) < 4.78 is 0. The van der Waals surface area contributed by atoms with Crippen LogP contribution in [-0.4, -0.2) is 24.8 Å². The minimum atomic E-state index is 0.989. The highest BCUT2D eigenvalue weighted by atomic mass is 32.2. The Labute approximate surface area is 101 Å². The topological polar surface area (TPSA) is 12.0 Å². The van der Waals surface area contributed by atoms with Crippen molar-refractivity contribution in [1.82, 2.24) is 5.32 Å². The fraction of sp³-hybridized carbons (Fsp3) is 0.500. The maximum absolute atomic E-state index is 3.45. The second-order valence-electron chi connectivity index (χ2n) is 3.37. The predicted molar refractivity (Wildman–Crippen MR) is 72.9 cm³/mol. The highest BCUT2D eigenvalue weighted by Gasteiger charge is 1.93. The summed E-state index contributed by atoms with van der Waals surface area (Å²) in [6.45, 7) is 2.11. The summed E-state index contributed by atoms with van der Waals surface area (Å²) in [6.07, 6.45) is 5.51. The van der Waals surface area contributed by atoms with E-state index in [1.807, 2.05) is 11.8 Å². The van der Waals surface area contributed by atoms with Crippen LogP contribution in [-0.2, 0) is 6.54 Å². The van der Waals surface area contributed by atoms with Gasteiger partial charge in [0.05, 0.1) is 0 Å². The molecule has 3 heteroatoms. The van der Waals surface area contributed by atoms with E-state index in [4.69, 9.17) is 0 Å². The molecular weight excluding hydrogens is 222 g/mol. The van der Waals surface area contributed by atoms with Crippen molar-refractivity contribution in [3.8, 4) is 0 Å². The van der Waals surface area contributed by atoms with Gasteiger partial charge in [-0.05, 0) is 48.9 Å². The van der Waals surface area contributed by atoms with E-state index in [-0.39, 0.29) is 0 Å². The van der Waals surface area contributed by atoms with Gasteiger partial charge in [-0.25, -0.2) is 0 Å². The van der Waals surface area contributed by atoms with Crippen LogP contribution in [0.1, 0.15) is 12.0 Å². The second kappa shape index (κ2) is 8.08. The molecule has 0 bridgehead atoms. The molecule has 0 aliphatic rings. The molecule has 0 unspecified atom stereocenters. The lowest BCUT2D eigenvalue weighted by Gasteiger charge is -2.04. The van der Waals surface area contributed by atoms with Gasteiger partial charge in [-0.3, -0.25) is 0 Å². The van der Waals surface area contributed by atoms with Crippen LogP contribution in [0.25, 0.3) is 0 Å². The minimum absolute atomic E-state index is 0.989. The number of hydrogen-bond donors (Lipinski definition) is 1. The van der Waals surface area contributed by atoms with Crippen molar-refractivity contribution >= 4 is 23.5 Å². The molecule has 0 saturated heterocycles. The molecule has 1 N–H and O–H groups in total. The van der Waals surface area contributed by atoms with E-state index >= 15 is 0 Å². The van der Waals surface area contributed by atoms with Gasteiger partial charge in [0.1, 0.15) is 0 Å². The predicted octanol–water partition coefficient (Wildman–Crippen LogP) is 3.25. The highest BCUT2D eigenvalue weighted by molar-refractivity contribution is 7.98. The van der Waals surface area contributed by atoms with Gasteiger partial charge in [0, 0.05) is 11.4 Å². The van der Waals surface area contributed by atoms with Gasteiger partial charge in [0.25, 0.3) is 0 Å². The summed E-state index contributed by atoms with van der Waals surface area (Å²) in [5.41, 5.74) is 1.37. The third-order valence-electron chi connectivity index (χ3n) is 2.19. The minimum Gasteiger partial charge on any atom is -0.313 e. The first kappa shape index (κ1) is 12.9. The highest BCUT2D eigenvalue weighted by Crippen LogP contribution is 2.14. The number of hydrogen-bond acceptors (Lipinski definition) is 3. The largest absolute Gasteiger partial charge is 0.313 e. The lowest BCUT2D eigenvalue weighted by molar-refractivity contribution is 0.679. The van der Waals surface area contributed by atoms with Crippen LogP contribution < -0.4 is 5.32 Å². The lowest BCUT2D eigenvalue weighted by atomic mass is 10.2. The van der Waals surface area contributed by atoms with Crippen LogP contribution in [0.3, 0.4) is 0 Å². The molecule has 0 radical (unpaired) electrons. The van der Waals surface area contributed by atoms with E-state index in [0.717, 1.165) is 13.1 Å². The van der Waals surface area contributed by atoms with Gasteiger partial charge in [-0.2, -0.15) is 11.8 Å². The monoisotopic (exact) mass is 241 g/mol. The molecule has 0 heterocycles. The van der Waals surface area contributed by atoms with Gasteiger partial charge in [0.15, 0.2) is 0 Å².